The fraction of sp³-hybridized carbons (Fsp3) is 0.294. The largest absolute Gasteiger partial charge is 0.475 e. The van der Waals surface area contributed by atoms with Gasteiger partial charge in [-0.15, -0.1) is 0 Å². The molecule has 0 N–H and O–H groups in total. The third-order valence-electron chi connectivity index (χ3n) is 8.42. The number of aromatic nitrogens is 2. The molecule has 0 fully saturated rings. The van der Waals surface area contributed by atoms with Crippen molar-refractivity contribution in [2.75, 3.05) is 6.61 Å². The van der Waals surface area contributed by atoms with E-state index in [0.29, 0.717) is 12.5 Å². The SMILES string of the molecule is Cc1cc2c3c(c1)c1cc(C)c(Oc4cc(C5=N[C@H](C)CO5)c(C)cc4C)cc1n3-c1ncccc1C2(C)C. The minimum atomic E-state index is -0.148. The number of pyridine rings is 1. The number of aliphatic imine (C=N–C) groups is 1. The Balaban J connectivity index is 1.45. The molecule has 1 atom stereocenters. The summed E-state index contributed by atoms with van der Waals surface area (Å²) in [4.78, 5) is 9.59. The Morgan fingerprint density at radius 1 is 0.897 bits per heavy atom. The maximum atomic E-state index is 6.68. The topological polar surface area (TPSA) is 48.6 Å². The van der Waals surface area contributed by atoms with Crippen molar-refractivity contribution in [2.24, 2.45) is 4.99 Å². The van der Waals surface area contributed by atoms with Crippen LogP contribution in [0, 0.1) is 27.7 Å². The Hall–Kier alpha value is -4.12. The van der Waals surface area contributed by atoms with Crippen molar-refractivity contribution in [3.05, 3.63) is 93.7 Å². The first-order valence-electron chi connectivity index (χ1n) is 13.7. The van der Waals surface area contributed by atoms with Crippen LogP contribution in [0.4, 0.5) is 0 Å². The number of ether oxygens (including phenoxy) is 2. The van der Waals surface area contributed by atoms with Crippen molar-refractivity contribution in [3.63, 3.8) is 0 Å². The molecule has 196 valence electrons. The lowest BCUT2D eigenvalue weighted by atomic mass is 9.75. The smallest absolute Gasteiger partial charge is 0.216 e. The molecule has 0 unspecified atom stereocenters. The highest BCUT2D eigenvalue weighted by molar-refractivity contribution is 6.12. The third kappa shape index (κ3) is 3.45. The second kappa shape index (κ2) is 8.19. The van der Waals surface area contributed by atoms with Gasteiger partial charge in [-0.05, 0) is 81.1 Å². The molecule has 39 heavy (non-hydrogen) atoms. The maximum absolute atomic E-state index is 6.68. The van der Waals surface area contributed by atoms with E-state index >= 15 is 0 Å². The summed E-state index contributed by atoms with van der Waals surface area (Å²) in [6, 6.07) is 17.7. The van der Waals surface area contributed by atoms with E-state index in [-0.39, 0.29) is 11.5 Å². The van der Waals surface area contributed by atoms with Gasteiger partial charge < -0.3 is 9.47 Å². The summed E-state index contributed by atoms with van der Waals surface area (Å²) in [7, 11) is 0. The standard InChI is InChI=1S/C34H33N3O2/c1-18-11-25-24-14-21(4)30(39-29-15-23(19(2)13-20(29)3)33-36-22(5)17-38-33)16-28(24)37-31(25)27(12-18)34(6,7)26-9-8-10-35-32(26)37/h8-16,22H,17H2,1-7H3/t22-/m1/s1. The van der Waals surface area contributed by atoms with Crippen molar-refractivity contribution in [1.82, 2.24) is 9.55 Å². The average molecular weight is 516 g/mol. The van der Waals surface area contributed by atoms with Gasteiger partial charge >= 0.3 is 0 Å². The van der Waals surface area contributed by atoms with Gasteiger partial charge in [0.05, 0.1) is 17.1 Å². The van der Waals surface area contributed by atoms with Crippen LogP contribution >= 0.6 is 0 Å². The molecule has 4 heterocycles. The van der Waals surface area contributed by atoms with E-state index in [1.807, 2.05) is 12.3 Å². The highest BCUT2D eigenvalue weighted by atomic mass is 16.5. The zero-order valence-corrected chi connectivity index (χ0v) is 23.6. The molecule has 0 spiro atoms. The number of aryl methyl sites for hydroxylation is 4. The maximum Gasteiger partial charge on any atom is 0.216 e. The molecule has 0 bridgehead atoms. The van der Waals surface area contributed by atoms with Crippen LogP contribution in [-0.2, 0) is 10.2 Å². The van der Waals surface area contributed by atoms with Gasteiger partial charge in [-0.25, -0.2) is 9.98 Å². The molecule has 2 aromatic heterocycles. The Morgan fingerprint density at radius 2 is 1.67 bits per heavy atom. The summed E-state index contributed by atoms with van der Waals surface area (Å²) in [5, 5.41) is 2.48. The number of hydrogen-bond donors (Lipinski definition) is 0. The van der Waals surface area contributed by atoms with Crippen LogP contribution in [-0.4, -0.2) is 28.1 Å². The van der Waals surface area contributed by atoms with Crippen molar-refractivity contribution < 1.29 is 9.47 Å². The summed E-state index contributed by atoms with van der Waals surface area (Å²) in [6.45, 7) is 15.8. The lowest BCUT2D eigenvalue weighted by Gasteiger charge is -2.34. The van der Waals surface area contributed by atoms with Gasteiger partial charge in [-0.1, -0.05) is 37.6 Å². The van der Waals surface area contributed by atoms with E-state index in [4.69, 9.17) is 14.5 Å². The van der Waals surface area contributed by atoms with Gasteiger partial charge in [-0.3, -0.25) is 4.57 Å². The van der Waals surface area contributed by atoms with Crippen LogP contribution in [0.3, 0.4) is 0 Å². The predicted molar refractivity (Wildman–Crippen MR) is 158 cm³/mol. The van der Waals surface area contributed by atoms with Crippen LogP contribution in [0.15, 0.2) is 59.7 Å². The van der Waals surface area contributed by atoms with Crippen LogP contribution < -0.4 is 4.74 Å². The van der Waals surface area contributed by atoms with E-state index in [1.54, 1.807) is 0 Å². The van der Waals surface area contributed by atoms with Crippen molar-refractivity contribution >= 4 is 27.7 Å². The number of fused-ring (bicyclic) bond motifs is 5. The minimum Gasteiger partial charge on any atom is -0.475 e. The second-order valence-corrected chi connectivity index (χ2v) is 11.8. The number of hydrogen-bond acceptors (Lipinski definition) is 4. The summed E-state index contributed by atoms with van der Waals surface area (Å²) >= 11 is 0. The fourth-order valence-corrected chi connectivity index (χ4v) is 6.35. The Morgan fingerprint density at radius 3 is 2.44 bits per heavy atom. The van der Waals surface area contributed by atoms with Gasteiger partial charge in [0.1, 0.15) is 23.9 Å². The Labute approximate surface area is 229 Å². The highest BCUT2D eigenvalue weighted by Crippen LogP contribution is 2.48. The molecular weight excluding hydrogens is 482 g/mol. The molecule has 5 aromatic rings. The molecule has 0 saturated heterocycles. The molecule has 0 amide bonds. The molecule has 0 radical (unpaired) electrons. The van der Waals surface area contributed by atoms with Gasteiger partial charge in [-0.2, -0.15) is 0 Å². The van der Waals surface area contributed by atoms with Gasteiger partial charge in [0.15, 0.2) is 0 Å². The summed E-state index contributed by atoms with van der Waals surface area (Å²) in [5.41, 5.74) is 10.3. The van der Waals surface area contributed by atoms with Crippen LogP contribution in [0.1, 0.15) is 59.7 Å². The predicted octanol–water partition coefficient (Wildman–Crippen LogP) is 8.01. The zero-order chi connectivity index (χ0) is 27.2. The quantitative estimate of drug-likeness (QED) is 0.244. The van der Waals surface area contributed by atoms with Gasteiger partial charge in [0, 0.05) is 39.6 Å². The lowest BCUT2D eigenvalue weighted by Crippen LogP contribution is -2.27. The summed E-state index contributed by atoms with van der Waals surface area (Å²) < 4.78 is 14.9. The molecule has 2 aliphatic heterocycles. The second-order valence-electron chi connectivity index (χ2n) is 11.8. The number of rotatable bonds is 3. The van der Waals surface area contributed by atoms with Gasteiger partial charge in [0.2, 0.25) is 5.90 Å². The average Bonchev–Trinajstić information content (AvgIpc) is 3.45. The molecule has 3 aromatic carbocycles. The molecule has 2 aliphatic rings. The normalized spacial score (nSPS) is 17.3. The number of benzene rings is 3. The van der Waals surface area contributed by atoms with Crippen molar-refractivity contribution in [1.29, 1.82) is 0 Å². The molecule has 0 aliphatic carbocycles. The molecule has 7 rings (SSSR count). The lowest BCUT2D eigenvalue weighted by molar-refractivity contribution is 0.324. The van der Waals surface area contributed by atoms with E-state index in [0.717, 1.165) is 45.1 Å². The van der Waals surface area contributed by atoms with Crippen LogP contribution in [0.25, 0.3) is 27.6 Å². The highest BCUT2D eigenvalue weighted by Gasteiger charge is 2.36. The Bertz CT molecular complexity index is 1880. The fourth-order valence-electron chi connectivity index (χ4n) is 6.35. The van der Waals surface area contributed by atoms with E-state index < -0.39 is 0 Å². The molecular formula is C34H33N3O2. The van der Waals surface area contributed by atoms with E-state index in [1.165, 1.54) is 33.0 Å². The van der Waals surface area contributed by atoms with E-state index in [2.05, 4.69) is 100 Å². The van der Waals surface area contributed by atoms with Crippen molar-refractivity contribution in [2.45, 2.75) is 59.9 Å². The molecule has 5 nitrogen and oxygen atoms in total. The Kier molecular flexibility index (Phi) is 5.03. The molecule has 5 heteroatoms. The number of nitrogens with zero attached hydrogens (tertiary/aromatic N) is 3. The zero-order valence-electron chi connectivity index (χ0n) is 23.6. The first-order chi connectivity index (χ1) is 18.6. The van der Waals surface area contributed by atoms with Crippen LogP contribution in [0.2, 0.25) is 0 Å². The third-order valence-corrected chi connectivity index (χ3v) is 8.42. The summed E-state index contributed by atoms with van der Waals surface area (Å²) in [5.74, 6) is 3.35. The minimum absolute atomic E-state index is 0.148. The van der Waals surface area contributed by atoms with Crippen molar-refractivity contribution in [3.8, 4) is 17.3 Å². The van der Waals surface area contributed by atoms with Gasteiger partial charge in [0.25, 0.3) is 0 Å². The summed E-state index contributed by atoms with van der Waals surface area (Å²) in [6.07, 6.45) is 1.89. The monoisotopic (exact) mass is 515 g/mol. The van der Waals surface area contributed by atoms with E-state index in [9.17, 15) is 0 Å². The van der Waals surface area contributed by atoms with Crippen LogP contribution in [0.5, 0.6) is 11.5 Å². The first-order valence-corrected chi connectivity index (χ1v) is 13.7. The molecule has 0 saturated carbocycles. The first kappa shape index (κ1) is 24.0.